The second-order valence-corrected chi connectivity index (χ2v) is 13.0. The maximum Gasteiger partial charge on any atom is 0.264 e. The minimum absolute atomic E-state index is 0.0888. The molecule has 4 aromatic rings. The summed E-state index contributed by atoms with van der Waals surface area (Å²) in [7, 11) is -4.14. The molecule has 0 heterocycles. The van der Waals surface area contributed by atoms with Crippen molar-refractivity contribution >= 4 is 27.5 Å². The van der Waals surface area contributed by atoms with E-state index >= 15 is 0 Å². The molecule has 0 saturated carbocycles. The van der Waals surface area contributed by atoms with E-state index in [1.165, 1.54) is 9.21 Å². The predicted octanol–water partition coefficient (Wildman–Crippen LogP) is 5.97. The van der Waals surface area contributed by atoms with Gasteiger partial charge >= 0.3 is 0 Å². The molecule has 0 spiro atoms. The van der Waals surface area contributed by atoms with Crippen LogP contribution in [-0.2, 0) is 32.6 Å². The van der Waals surface area contributed by atoms with Crippen LogP contribution in [0.25, 0.3) is 0 Å². The van der Waals surface area contributed by atoms with Crippen molar-refractivity contribution in [2.24, 2.45) is 0 Å². The number of sulfonamides is 1. The van der Waals surface area contributed by atoms with Crippen LogP contribution in [0.5, 0.6) is 0 Å². The van der Waals surface area contributed by atoms with E-state index < -0.39 is 28.5 Å². The second kappa shape index (κ2) is 14.8. The van der Waals surface area contributed by atoms with E-state index in [9.17, 15) is 18.0 Å². The molecule has 7 nitrogen and oxygen atoms in total. The van der Waals surface area contributed by atoms with E-state index in [0.29, 0.717) is 17.8 Å². The van der Waals surface area contributed by atoms with Crippen molar-refractivity contribution in [1.29, 1.82) is 0 Å². The first-order valence-corrected chi connectivity index (χ1v) is 16.4. The van der Waals surface area contributed by atoms with Crippen LogP contribution in [0.1, 0.15) is 41.2 Å². The molecule has 0 aliphatic heterocycles. The summed E-state index contributed by atoms with van der Waals surface area (Å²) >= 11 is 0. The molecule has 230 valence electrons. The third kappa shape index (κ3) is 8.14. The number of hydrogen-bond donors (Lipinski definition) is 1. The van der Waals surface area contributed by atoms with Gasteiger partial charge in [-0.05, 0) is 62.1 Å². The highest BCUT2D eigenvalue weighted by atomic mass is 32.2. The minimum atomic E-state index is -4.14. The first-order chi connectivity index (χ1) is 21.1. The monoisotopic (exact) mass is 611 g/mol. The molecular weight excluding hydrogens is 570 g/mol. The molecule has 1 N–H and O–H groups in total. The van der Waals surface area contributed by atoms with Gasteiger partial charge in [-0.2, -0.15) is 0 Å². The van der Waals surface area contributed by atoms with Gasteiger partial charge in [-0.15, -0.1) is 0 Å². The first-order valence-electron chi connectivity index (χ1n) is 14.9. The number of benzene rings is 4. The van der Waals surface area contributed by atoms with Gasteiger partial charge in [-0.3, -0.25) is 13.9 Å². The number of para-hydroxylation sites is 1. The lowest BCUT2D eigenvalue weighted by Crippen LogP contribution is -2.53. The van der Waals surface area contributed by atoms with Crippen LogP contribution in [0, 0.1) is 20.8 Å². The van der Waals surface area contributed by atoms with Crippen molar-refractivity contribution in [2.75, 3.05) is 17.4 Å². The molecule has 44 heavy (non-hydrogen) atoms. The van der Waals surface area contributed by atoms with Crippen LogP contribution in [0.15, 0.2) is 108 Å². The zero-order chi connectivity index (χ0) is 31.7. The standard InChI is InChI=1S/C36H41N3O4S/c1-5-22-37-36(41)34(24-30-14-7-6-8-15-30)38(25-31-16-11-12-28(3)23-31)35(40)26-39(33-17-10-9-13-29(33)4)44(42,43)32-20-18-27(2)19-21-32/h6-21,23,34H,5,22,24-26H2,1-4H3,(H,37,41)/t34-/m1/s1. The smallest absolute Gasteiger partial charge is 0.264 e. The average Bonchev–Trinajstić information content (AvgIpc) is 3.01. The van der Waals surface area contributed by atoms with E-state index in [1.807, 2.05) is 94.4 Å². The Morgan fingerprint density at radius 2 is 1.43 bits per heavy atom. The van der Waals surface area contributed by atoms with Crippen LogP contribution in [0.3, 0.4) is 0 Å². The number of nitrogens with zero attached hydrogens (tertiary/aromatic N) is 2. The number of amides is 2. The van der Waals surface area contributed by atoms with Crippen LogP contribution >= 0.6 is 0 Å². The average molecular weight is 612 g/mol. The quantitative estimate of drug-likeness (QED) is 0.202. The topological polar surface area (TPSA) is 86.8 Å². The Kier molecular flexibility index (Phi) is 11.0. The predicted molar refractivity (Wildman–Crippen MR) is 176 cm³/mol. The Balaban J connectivity index is 1.80. The molecule has 4 aromatic carbocycles. The largest absolute Gasteiger partial charge is 0.354 e. The summed E-state index contributed by atoms with van der Waals surface area (Å²) < 4.78 is 29.5. The minimum Gasteiger partial charge on any atom is -0.354 e. The van der Waals surface area contributed by atoms with Gasteiger partial charge in [0.25, 0.3) is 10.0 Å². The maximum atomic E-state index is 14.5. The van der Waals surface area contributed by atoms with Gasteiger partial charge in [0, 0.05) is 19.5 Å². The zero-order valence-corrected chi connectivity index (χ0v) is 26.7. The van der Waals surface area contributed by atoms with E-state index in [1.54, 1.807) is 36.4 Å². The van der Waals surface area contributed by atoms with Crippen molar-refractivity contribution in [1.82, 2.24) is 10.2 Å². The Bertz CT molecular complexity index is 1670. The lowest BCUT2D eigenvalue weighted by molar-refractivity contribution is -0.140. The summed E-state index contributed by atoms with van der Waals surface area (Å²) in [6, 6.07) is 30.2. The van der Waals surface area contributed by atoms with Gasteiger partial charge in [-0.25, -0.2) is 8.42 Å². The van der Waals surface area contributed by atoms with Gasteiger partial charge < -0.3 is 10.2 Å². The molecular formula is C36H41N3O4S. The van der Waals surface area contributed by atoms with Crippen LogP contribution in [-0.4, -0.2) is 44.3 Å². The van der Waals surface area contributed by atoms with E-state index in [-0.39, 0.29) is 23.8 Å². The molecule has 2 amide bonds. The number of aryl methyl sites for hydroxylation is 3. The summed E-state index contributed by atoms with van der Waals surface area (Å²) in [5.41, 5.74) is 4.81. The molecule has 0 unspecified atom stereocenters. The van der Waals surface area contributed by atoms with Crippen molar-refractivity contribution in [3.8, 4) is 0 Å². The molecule has 0 radical (unpaired) electrons. The van der Waals surface area contributed by atoms with Crippen molar-refractivity contribution in [3.63, 3.8) is 0 Å². The van der Waals surface area contributed by atoms with Crippen LogP contribution in [0.2, 0.25) is 0 Å². The fourth-order valence-corrected chi connectivity index (χ4v) is 6.60. The number of nitrogens with one attached hydrogen (secondary N) is 1. The van der Waals surface area contributed by atoms with Gasteiger partial charge in [0.15, 0.2) is 0 Å². The highest BCUT2D eigenvalue weighted by molar-refractivity contribution is 7.92. The Labute approximate surface area is 261 Å². The van der Waals surface area contributed by atoms with Crippen molar-refractivity contribution in [3.05, 3.63) is 131 Å². The van der Waals surface area contributed by atoms with E-state index in [4.69, 9.17) is 0 Å². The number of rotatable bonds is 13. The highest BCUT2D eigenvalue weighted by Gasteiger charge is 2.35. The summed E-state index contributed by atoms with van der Waals surface area (Å²) in [5.74, 6) is -0.751. The van der Waals surface area contributed by atoms with Gasteiger partial charge in [0.05, 0.1) is 10.6 Å². The lowest BCUT2D eigenvalue weighted by atomic mass is 10.0. The lowest BCUT2D eigenvalue weighted by Gasteiger charge is -2.34. The second-order valence-electron chi connectivity index (χ2n) is 11.1. The van der Waals surface area contributed by atoms with E-state index in [0.717, 1.165) is 28.7 Å². The van der Waals surface area contributed by atoms with Gasteiger partial charge in [0.1, 0.15) is 12.6 Å². The summed E-state index contributed by atoms with van der Waals surface area (Å²) in [5, 5.41) is 2.98. The molecule has 4 rings (SSSR count). The van der Waals surface area contributed by atoms with Crippen LogP contribution in [0.4, 0.5) is 5.69 Å². The molecule has 0 aliphatic carbocycles. The van der Waals surface area contributed by atoms with Gasteiger partial charge in [0.2, 0.25) is 11.8 Å². The van der Waals surface area contributed by atoms with E-state index in [2.05, 4.69) is 5.32 Å². The molecule has 1 atom stereocenters. The zero-order valence-electron chi connectivity index (χ0n) is 25.9. The number of carbonyl (C=O) groups is 2. The molecule has 0 bridgehead atoms. The molecule has 0 aromatic heterocycles. The van der Waals surface area contributed by atoms with Crippen molar-refractivity contribution in [2.45, 2.75) is 58.0 Å². The Morgan fingerprint density at radius 3 is 2.09 bits per heavy atom. The SMILES string of the molecule is CCCNC(=O)[C@@H](Cc1ccccc1)N(Cc1cccc(C)c1)C(=O)CN(c1ccccc1C)S(=O)(=O)c1ccc(C)cc1. The molecule has 0 saturated heterocycles. The fraction of sp³-hybridized carbons (Fsp3) is 0.278. The van der Waals surface area contributed by atoms with Gasteiger partial charge in [-0.1, -0.05) is 103 Å². The normalized spacial score (nSPS) is 11.9. The van der Waals surface area contributed by atoms with Crippen molar-refractivity contribution < 1.29 is 18.0 Å². The number of anilines is 1. The number of carbonyl (C=O) groups excluding carboxylic acids is 2. The summed E-state index contributed by atoms with van der Waals surface area (Å²) in [6.07, 6.45) is 1.02. The Morgan fingerprint density at radius 1 is 0.773 bits per heavy atom. The summed E-state index contributed by atoms with van der Waals surface area (Å²) in [4.78, 5) is 29.9. The molecule has 8 heteroatoms. The highest BCUT2D eigenvalue weighted by Crippen LogP contribution is 2.28. The molecule has 0 aliphatic rings. The fourth-order valence-electron chi connectivity index (χ4n) is 5.12. The maximum absolute atomic E-state index is 14.5. The third-order valence-corrected chi connectivity index (χ3v) is 9.30. The van der Waals surface area contributed by atoms with Crippen LogP contribution < -0.4 is 9.62 Å². The summed E-state index contributed by atoms with van der Waals surface area (Å²) in [6.45, 7) is 7.78. The first kappa shape index (κ1) is 32.5. The number of hydrogen-bond acceptors (Lipinski definition) is 4. The molecule has 0 fully saturated rings. The Hall–Kier alpha value is -4.43. The third-order valence-electron chi connectivity index (χ3n) is 7.53.